The molecule has 0 bridgehead atoms. The van der Waals surface area contributed by atoms with Crippen molar-refractivity contribution >= 4 is 29.3 Å². The van der Waals surface area contributed by atoms with Crippen LogP contribution in [0.1, 0.15) is 38.6 Å². The van der Waals surface area contributed by atoms with Crippen molar-refractivity contribution in [2.24, 2.45) is 5.92 Å². The molecule has 1 saturated carbocycles. The van der Waals surface area contributed by atoms with Crippen LogP contribution in [-0.2, 0) is 11.4 Å². The van der Waals surface area contributed by atoms with Crippen LogP contribution in [0.25, 0.3) is 0 Å². The molecule has 26 heavy (non-hydrogen) atoms. The summed E-state index contributed by atoms with van der Waals surface area (Å²) in [6.07, 6.45) is 2.20. The van der Waals surface area contributed by atoms with Gasteiger partial charge in [-0.1, -0.05) is 49.3 Å². The topological polar surface area (TPSA) is 69.0 Å². The van der Waals surface area contributed by atoms with Crippen LogP contribution < -0.4 is 10.1 Å². The highest BCUT2D eigenvalue weighted by atomic mass is 35.5. The summed E-state index contributed by atoms with van der Waals surface area (Å²) in [5.41, 5.74) is 0. The van der Waals surface area contributed by atoms with E-state index in [2.05, 4.69) is 33.9 Å². The van der Waals surface area contributed by atoms with E-state index in [1.165, 1.54) is 11.8 Å². The molecule has 0 atom stereocenters. The van der Waals surface area contributed by atoms with Crippen molar-refractivity contribution < 1.29 is 9.53 Å². The van der Waals surface area contributed by atoms with Gasteiger partial charge in [-0.2, -0.15) is 0 Å². The molecule has 1 aromatic carbocycles. The average molecular weight is 395 g/mol. The van der Waals surface area contributed by atoms with Crippen molar-refractivity contribution in [3.63, 3.8) is 0 Å². The summed E-state index contributed by atoms with van der Waals surface area (Å²) in [6, 6.07) is 7.76. The molecule has 1 aromatic heterocycles. The number of hydrogen-bond acceptors (Lipinski definition) is 5. The maximum atomic E-state index is 11.9. The van der Waals surface area contributed by atoms with E-state index in [0.717, 1.165) is 23.8 Å². The van der Waals surface area contributed by atoms with Crippen molar-refractivity contribution in [1.82, 2.24) is 20.1 Å². The largest absolute Gasteiger partial charge is 0.484 e. The zero-order valence-corrected chi connectivity index (χ0v) is 16.5. The molecule has 1 aliphatic carbocycles. The van der Waals surface area contributed by atoms with Crippen molar-refractivity contribution in [3.8, 4) is 5.75 Å². The van der Waals surface area contributed by atoms with Crippen molar-refractivity contribution in [2.75, 3.05) is 12.3 Å². The number of amides is 1. The van der Waals surface area contributed by atoms with Gasteiger partial charge in [-0.05, 0) is 30.9 Å². The minimum absolute atomic E-state index is 0.0166. The number of thioether (sulfide) groups is 1. The van der Waals surface area contributed by atoms with E-state index in [0.29, 0.717) is 41.6 Å². The number of hydrogen-bond donors (Lipinski definition) is 1. The maximum absolute atomic E-state index is 11.9. The normalized spacial score (nSPS) is 13.8. The number of carbonyl (C=O) groups is 1. The van der Waals surface area contributed by atoms with Crippen molar-refractivity contribution in [3.05, 3.63) is 35.1 Å². The number of nitrogens with zero attached hydrogens (tertiary/aromatic N) is 3. The molecule has 0 spiro atoms. The Hall–Kier alpha value is -1.73. The summed E-state index contributed by atoms with van der Waals surface area (Å²) < 4.78 is 7.90. The SMILES string of the molecule is CC(C)CNC(=O)CSc1nnc(COc2ccccc2Cl)n1C1CC1. The smallest absolute Gasteiger partial charge is 0.230 e. The first-order valence-corrected chi connectivity index (χ1v) is 10.1. The van der Waals surface area contributed by atoms with Gasteiger partial charge in [0.05, 0.1) is 10.8 Å². The van der Waals surface area contributed by atoms with E-state index in [1.54, 1.807) is 6.07 Å². The van der Waals surface area contributed by atoms with Crippen LogP contribution in [0.4, 0.5) is 0 Å². The third-order valence-electron chi connectivity index (χ3n) is 3.88. The Balaban J connectivity index is 1.61. The average Bonchev–Trinajstić information content (AvgIpc) is 3.38. The predicted molar refractivity (Wildman–Crippen MR) is 103 cm³/mol. The number of ether oxygens (including phenoxy) is 1. The molecule has 3 rings (SSSR count). The van der Waals surface area contributed by atoms with Gasteiger partial charge in [0.25, 0.3) is 0 Å². The number of carbonyl (C=O) groups excluding carboxylic acids is 1. The first kappa shape index (κ1) is 19.0. The van der Waals surface area contributed by atoms with Gasteiger partial charge in [-0.15, -0.1) is 10.2 Å². The number of para-hydroxylation sites is 1. The first-order chi connectivity index (χ1) is 12.5. The molecule has 0 radical (unpaired) electrons. The van der Waals surface area contributed by atoms with Crippen LogP contribution in [-0.4, -0.2) is 33.0 Å². The second-order valence-corrected chi connectivity index (χ2v) is 8.06. The highest BCUT2D eigenvalue weighted by Gasteiger charge is 2.30. The second kappa shape index (κ2) is 8.77. The highest BCUT2D eigenvalue weighted by Crippen LogP contribution is 2.39. The van der Waals surface area contributed by atoms with Crippen LogP contribution in [0.15, 0.2) is 29.4 Å². The molecular formula is C18H23ClN4O2S. The zero-order valence-electron chi connectivity index (χ0n) is 14.9. The molecule has 1 heterocycles. The van der Waals surface area contributed by atoms with E-state index in [4.69, 9.17) is 16.3 Å². The lowest BCUT2D eigenvalue weighted by molar-refractivity contribution is -0.118. The Morgan fingerprint density at radius 2 is 2.15 bits per heavy atom. The minimum Gasteiger partial charge on any atom is -0.484 e. The van der Waals surface area contributed by atoms with Gasteiger partial charge < -0.3 is 10.1 Å². The molecule has 2 aromatic rings. The predicted octanol–water partition coefficient (Wildman–Crippen LogP) is 3.71. The molecule has 1 aliphatic rings. The second-order valence-electron chi connectivity index (χ2n) is 6.71. The third kappa shape index (κ3) is 5.14. The molecule has 1 N–H and O–H groups in total. The first-order valence-electron chi connectivity index (χ1n) is 8.75. The molecular weight excluding hydrogens is 372 g/mol. The molecule has 6 nitrogen and oxygen atoms in total. The van der Waals surface area contributed by atoms with Crippen LogP contribution in [0.5, 0.6) is 5.75 Å². The lowest BCUT2D eigenvalue weighted by Gasteiger charge is -2.11. The Kier molecular flexibility index (Phi) is 6.43. The Morgan fingerprint density at radius 3 is 2.85 bits per heavy atom. The van der Waals surface area contributed by atoms with Crippen LogP contribution in [0.2, 0.25) is 5.02 Å². The van der Waals surface area contributed by atoms with Crippen LogP contribution >= 0.6 is 23.4 Å². The summed E-state index contributed by atoms with van der Waals surface area (Å²) in [6.45, 7) is 5.13. The third-order valence-corrected chi connectivity index (χ3v) is 5.14. The summed E-state index contributed by atoms with van der Waals surface area (Å²) in [5, 5.41) is 12.8. The van der Waals surface area contributed by atoms with Crippen molar-refractivity contribution in [2.45, 2.75) is 44.5 Å². The molecule has 140 valence electrons. The van der Waals surface area contributed by atoms with Crippen molar-refractivity contribution in [1.29, 1.82) is 0 Å². The fourth-order valence-electron chi connectivity index (χ4n) is 2.41. The van der Waals surface area contributed by atoms with Crippen LogP contribution in [0, 0.1) is 5.92 Å². The van der Waals surface area contributed by atoms with Gasteiger partial charge in [-0.3, -0.25) is 9.36 Å². The highest BCUT2D eigenvalue weighted by molar-refractivity contribution is 7.99. The summed E-state index contributed by atoms with van der Waals surface area (Å²) in [5.74, 6) is 2.18. The molecule has 0 saturated heterocycles. The lowest BCUT2D eigenvalue weighted by Crippen LogP contribution is -2.28. The minimum atomic E-state index is 0.0166. The van der Waals surface area contributed by atoms with E-state index in [9.17, 15) is 4.79 Å². The van der Waals surface area contributed by atoms with Gasteiger partial charge in [-0.25, -0.2) is 0 Å². The Morgan fingerprint density at radius 1 is 1.38 bits per heavy atom. The number of aromatic nitrogens is 3. The molecule has 1 fully saturated rings. The van der Waals surface area contributed by atoms with E-state index < -0.39 is 0 Å². The van der Waals surface area contributed by atoms with Gasteiger partial charge in [0, 0.05) is 12.6 Å². The summed E-state index contributed by atoms with van der Waals surface area (Å²) in [4.78, 5) is 11.9. The van der Waals surface area contributed by atoms with Gasteiger partial charge in [0.15, 0.2) is 11.0 Å². The standard InChI is InChI=1S/C18H23ClN4O2S/c1-12(2)9-20-17(24)11-26-18-22-21-16(23(18)13-7-8-13)10-25-15-6-4-3-5-14(15)19/h3-6,12-13H,7-11H2,1-2H3,(H,20,24). The molecule has 0 aliphatic heterocycles. The number of rotatable bonds is 9. The lowest BCUT2D eigenvalue weighted by atomic mass is 10.2. The molecule has 1 amide bonds. The van der Waals surface area contributed by atoms with Crippen LogP contribution in [0.3, 0.4) is 0 Å². The number of benzene rings is 1. The zero-order chi connectivity index (χ0) is 18.5. The molecule has 0 unspecified atom stereocenters. The van der Waals surface area contributed by atoms with E-state index in [1.807, 2.05) is 18.2 Å². The van der Waals surface area contributed by atoms with Gasteiger partial charge in [0.1, 0.15) is 12.4 Å². The van der Waals surface area contributed by atoms with Gasteiger partial charge in [0.2, 0.25) is 5.91 Å². The van der Waals surface area contributed by atoms with Gasteiger partial charge >= 0.3 is 0 Å². The number of halogens is 1. The quantitative estimate of drug-likeness (QED) is 0.656. The van der Waals surface area contributed by atoms with E-state index in [-0.39, 0.29) is 5.91 Å². The summed E-state index contributed by atoms with van der Waals surface area (Å²) >= 11 is 7.55. The summed E-state index contributed by atoms with van der Waals surface area (Å²) in [7, 11) is 0. The fourth-order valence-corrected chi connectivity index (χ4v) is 3.45. The molecule has 8 heteroatoms. The monoisotopic (exact) mass is 394 g/mol. The van der Waals surface area contributed by atoms with E-state index >= 15 is 0 Å². The maximum Gasteiger partial charge on any atom is 0.230 e. The Labute approximate surface area is 162 Å². The fraction of sp³-hybridized carbons (Fsp3) is 0.500. The Bertz CT molecular complexity index is 761. The number of nitrogens with one attached hydrogen (secondary N) is 1.